The second kappa shape index (κ2) is 4.92. The Morgan fingerprint density at radius 1 is 1.56 bits per heavy atom. The summed E-state index contributed by atoms with van der Waals surface area (Å²) in [6.07, 6.45) is 7.44. The molecule has 0 bridgehead atoms. The van der Waals surface area contributed by atoms with Crippen molar-refractivity contribution >= 4 is 5.96 Å². The van der Waals surface area contributed by atoms with E-state index in [0.29, 0.717) is 12.1 Å². The summed E-state index contributed by atoms with van der Waals surface area (Å²) in [5, 5.41) is 3.52. The molecule has 4 heteroatoms. The first-order chi connectivity index (χ1) is 8.76. The summed E-state index contributed by atoms with van der Waals surface area (Å²) >= 11 is 0. The van der Waals surface area contributed by atoms with Crippen molar-refractivity contribution in [2.24, 2.45) is 10.9 Å². The molecule has 3 aliphatic rings. The van der Waals surface area contributed by atoms with Crippen molar-refractivity contribution in [3.05, 3.63) is 11.6 Å². The summed E-state index contributed by atoms with van der Waals surface area (Å²) in [7, 11) is 3.94. The van der Waals surface area contributed by atoms with Crippen molar-refractivity contribution in [3.8, 4) is 0 Å². The van der Waals surface area contributed by atoms with Gasteiger partial charge in [0.25, 0.3) is 0 Å². The number of hydrogen-bond acceptors (Lipinski definition) is 4. The van der Waals surface area contributed by atoms with Crippen LogP contribution in [0.1, 0.15) is 25.7 Å². The predicted molar refractivity (Wildman–Crippen MR) is 72.7 cm³/mol. The van der Waals surface area contributed by atoms with Gasteiger partial charge in [-0.3, -0.25) is 4.99 Å². The van der Waals surface area contributed by atoms with Crippen LogP contribution >= 0.6 is 0 Å². The Kier molecular flexibility index (Phi) is 3.29. The van der Waals surface area contributed by atoms with Crippen LogP contribution in [0.15, 0.2) is 16.6 Å². The zero-order valence-corrected chi connectivity index (χ0v) is 11.4. The highest BCUT2D eigenvalue weighted by Crippen LogP contribution is 2.33. The van der Waals surface area contributed by atoms with E-state index in [1.165, 1.54) is 12.0 Å². The lowest BCUT2D eigenvalue weighted by molar-refractivity contribution is 0.0935. The molecule has 3 unspecified atom stereocenters. The topological polar surface area (TPSA) is 36.9 Å². The minimum Gasteiger partial charge on any atom is -0.381 e. The molecule has 3 rings (SSSR count). The van der Waals surface area contributed by atoms with Crippen LogP contribution in [0.3, 0.4) is 0 Å². The molecule has 0 amide bonds. The van der Waals surface area contributed by atoms with Gasteiger partial charge in [-0.25, -0.2) is 0 Å². The number of guanidine groups is 1. The summed E-state index contributed by atoms with van der Waals surface area (Å²) in [5.41, 5.74) is 1.52. The molecule has 1 fully saturated rings. The Morgan fingerprint density at radius 3 is 3.11 bits per heavy atom. The predicted octanol–water partition coefficient (Wildman–Crippen LogP) is 1.39. The number of nitrogens with one attached hydrogen (secondary N) is 1. The van der Waals surface area contributed by atoms with Gasteiger partial charge in [0.15, 0.2) is 5.96 Å². The Labute approximate surface area is 109 Å². The third kappa shape index (κ3) is 2.53. The van der Waals surface area contributed by atoms with Crippen LogP contribution in [0.25, 0.3) is 0 Å². The number of nitrogens with zero attached hydrogens (tertiary/aromatic N) is 2. The van der Waals surface area contributed by atoms with Crippen LogP contribution in [0, 0.1) is 5.92 Å². The molecular formula is C14H23N3O. The number of aliphatic imine (C=N–C) groups is 1. The van der Waals surface area contributed by atoms with E-state index in [1.807, 2.05) is 7.11 Å². The third-order valence-corrected chi connectivity index (χ3v) is 4.30. The van der Waals surface area contributed by atoms with E-state index < -0.39 is 0 Å². The average molecular weight is 249 g/mol. The van der Waals surface area contributed by atoms with Gasteiger partial charge in [-0.1, -0.05) is 11.6 Å². The monoisotopic (exact) mass is 249 g/mol. The first kappa shape index (κ1) is 12.0. The fourth-order valence-corrected chi connectivity index (χ4v) is 2.87. The molecule has 0 aromatic heterocycles. The summed E-state index contributed by atoms with van der Waals surface area (Å²) in [5.74, 6) is 1.90. The number of rotatable bonds is 3. The molecule has 1 N–H and O–H groups in total. The highest BCUT2D eigenvalue weighted by atomic mass is 16.5. The number of methoxy groups -OCH3 is 1. The fraction of sp³-hybridized carbons (Fsp3) is 0.786. The van der Waals surface area contributed by atoms with E-state index in [4.69, 9.17) is 4.74 Å². The van der Waals surface area contributed by atoms with Gasteiger partial charge in [0.2, 0.25) is 0 Å². The Bertz CT molecular complexity index is 377. The van der Waals surface area contributed by atoms with Gasteiger partial charge in [-0.15, -0.1) is 0 Å². The Hall–Kier alpha value is -1.03. The zero-order chi connectivity index (χ0) is 12.5. The molecule has 0 saturated heterocycles. The number of hydrogen-bond donors (Lipinski definition) is 1. The quantitative estimate of drug-likeness (QED) is 0.768. The Morgan fingerprint density at radius 2 is 2.44 bits per heavy atom. The van der Waals surface area contributed by atoms with Gasteiger partial charge in [0.05, 0.1) is 6.10 Å². The van der Waals surface area contributed by atoms with Crippen molar-refractivity contribution in [1.82, 2.24) is 10.2 Å². The van der Waals surface area contributed by atoms with Crippen molar-refractivity contribution in [1.29, 1.82) is 0 Å². The molecule has 0 aromatic rings. The van der Waals surface area contributed by atoms with Crippen molar-refractivity contribution in [3.63, 3.8) is 0 Å². The van der Waals surface area contributed by atoms with Crippen molar-refractivity contribution in [2.45, 2.75) is 37.8 Å². The molecule has 0 spiro atoms. The first-order valence-corrected chi connectivity index (χ1v) is 6.99. The molecule has 3 atom stereocenters. The summed E-state index contributed by atoms with van der Waals surface area (Å²) in [6, 6.07) is 0.707. The Balaban J connectivity index is 1.53. The van der Waals surface area contributed by atoms with Crippen LogP contribution in [0.2, 0.25) is 0 Å². The second-order valence-corrected chi connectivity index (χ2v) is 5.76. The molecule has 1 heterocycles. The minimum atomic E-state index is 0.427. The van der Waals surface area contributed by atoms with Crippen LogP contribution in [0.5, 0.6) is 0 Å². The van der Waals surface area contributed by atoms with Crippen molar-refractivity contribution < 1.29 is 4.74 Å². The second-order valence-electron chi connectivity index (χ2n) is 5.76. The third-order valence-electron chi connectivity index (χ3n) is 4.30. The van der Waals surface area contributed by atoms with E-state index in [2.05, 4.69) is 28.3 Å². The van der Waals surface area contributed by atoms with E-state index in [9.17, 15) is 0 Å². The van der Waals surface area contributed by atoms with Gasteiger partial charge < -0.3 is 15.0 Å². The average Bonchev–Trinajstić information content (AvgIpc) is 3.17. The molecule has 18 heavy (non-hydrogen) atoms. The van der Waals surface area contributed by atoms with Crippen LogP contribution in [0.4, 0.5) is 0 Å². The lowest BCUT2D eigenvalue weighted by Gasteiger charge is -2.28. The van der Waals surface area contributed by atoms with E-state index in [0.717, 1.165) is 44.2 Å². The zero-order valence-electron chi connectivity index (χ0n) is 11.4. The van der Waals surface area contributed by atoms with Crippen LogP contribution in [-0.2, 0) is 4.74 Å². The highest BCUT2D eigenvalue weighted by Gasteiger charge is 2.40. The van der Waals surface area contributed by atoms with Gasteiger partial charge in [-0.2, -0.15) is 0 Å². The summed E-state index contributed by atoms with van der Waals surface area (Å²) in [6.45, 7) is 2.02. The molecule has 0 radical (unpaired) electrons. The molecule has 100 valence electrons. The van der Waals surface area contributed by atoms with E-state index >= 15 is 0 Å². The van der Waals surface area contributed by atoms with Crippen LogP contribution < -0.4 is 5.32 Å². The largest absolute Gasteiger partial charge is 0.381 e. The lowest BCUT2D eigenvalue weighted by Crippen LogP contribution is -2.43. The lowest BCUT2D eigenvalue weighted by atomic mass is 9.97. The highest BCUT2D eigenvalue weighted by molar-refractivity contribution is 5.81. The minimum absolute atomic E-state index is 0.427. The van der Waals surface area contributed by atoms with E-state index in [1.54, 1.807) is 0 Å². The smallest absolute Gasteiger partial charge is 0.194 e. The standard InChI is InChI=1S/C14H23N3O/c1-17(14-15-8-11-7-13(11)16-14)9-10-3-5-12(18-2)6-4-10/h3,11-13H,4-9H2,1-2H3,(H,15,16). The molecule has 0 aromatic carbocycles. The van der Waals surface area contributed by atoms with Gasteiger partial charge in [0, 0.05) is 39.2 Å². The normalized spacial score (nSPS) is 34.0. The number of likely N-dealkylation sites (N-methyl/N-ethyl adjacent to an activating group) is 1. The SMILES string of the molecule is COC1CC=C(CN(C)C2=NCC3CC3N2)CC1. The molecule has 4 nitrogen and oxygen atoms in total. The van der Waals surface area contributed by atoms with Gasteiger partial charge in [0.1, 0.15) is 0 Å². The summed E-state index contributed by atoms with van der Waals surface area (Å²) in [4.78, 5) is 6.89. The maximum Gasteiger partial charge on any atom is 0.194 e. The summed E-state index contributed by atoms with van der Waals surface area (Å²) < 4.78 is 5.39. The van der Waals surface area contributed by atoms with Gasteiger partial charge >= 0.3 is 0 Å². The van der Waals surface area contributed by atoms with E-state index in [-0.39, 0.29) is 0 Å². The maximum atomic E-state index is 5.39. The first-order valence-electron chi connectivity index (χ1n) is 6.99. The fourth-order valence-electron chi connectivity index (χ4n) is 2.87. The maximum absolute atomic E-state index is 5.39. The molecule has 1 aliphatic heterocycles. The van der Waals surface area contributed by atoms with Crippen molar-refractivity contribution in [2.75, 3.05) is 27.2 Å². The molecule has 2 aliphatic carbocycles. The number of ether oxygens (including phenoxy) is 1. The molecular weight excluding hydrogens is 226 g/mol. The molecule has 1 saturated carbocycles. The van der Waals surface area contributed by atoms with Gasteiger partial charge in [-0.05, 0) is 25.7 Å². The van der Waals surface area contributed by atoms with Crippen LogP contribution in [-0.4, -0.2) is 50.3 Å². The number of fused-ring (bicyclic) bond motifs is 1.